The number of aromatic nitrogens is 2. The molecule has 0 atom stereocenters. The Kier molecular flexibility index (Phi) is 4.02. The van der Waals surface area contributed by atoms with E-state index in [4.69, 9.17) is 10.5 Å². The number of H-pyrrole nitrogens is 1. The molecule has 0 radical (unpaired) electrons. The van der Waals surface area contributed by atoms with Gasteiger partial charge in [0.15, 0.2) is 5.75 Å². The van der Waals surface area contributed by atoms with E-state index in [1.807, 2.05) is 0 Å². The maximum absolute atomic E-state index is 12.0. The molecule has 0 unspecified atom stereocenters. The monoisotopic (exact) mass is 260 g/mol. The van der Waals surface area contributed by atoms with Gasteiger partial charge in [-0.1, -0.05) is 6.07 Å². The first-order chi connectivity index (χ1) is 9.22. The minimum Gasteiger partial charge on any atom is -0.494 e. The quantitative estimate of drug-likeness (QED) is 0.698. The van der Waals surface area contributed by atoms with Gasteiger partial charge in [-0.15, -0.1) is 0 Å². The standard InChI is InChI=1S/C13H16N4O2/c1-19-12-9(3-2-4-10(12)14)13(18)17-6-5-11-15-7-8-16-11/h2-4,7-8H,5-6,14H2,1H3,(H,15,16)(H,17,18). The van der Waals surface area contributed by atoms with E-state index in [2.05, 4.69) is 15.3 Å². The molecule has 0 spiro atoms. The number of aromatic amines is 1. The number of hydrogen-bond donors (Lipinski definition) is 3. The maximum atomic E-state index is 12.0. The lowest BCUT2D eigenvalue weighted by Crippen LogP contribution is -2.26. The summed E-state index contributed by atoms with van der Waals surface area (Å²) in [5.74, 6) is 1.02. The molecule has 0 bridgehead atoms. The van der Waals surface area contributed by atoms with Gasteiger partial charge in [-0.25, -0.2) is 4.98 Å². The fourth-order valence-corrected chi connectivity index (χ4v) is 1.79. The summed E-state index contributed by atoms with van der Waals surface area (Å²) in [7, 11) is 1.49. The van der Waals surface area contributed by atoms with Gasteiger partial charge in [0.25, 0.3) is 5.91 Å². The van der Waals surface area contributed by atoms with E-state index < -0.39 is 0 Å². The van der Waals surface area contributed by atoms with Crippen molar-refractivity contribution in [3.05, 3.63) is 42.0 Å². The highest BCUT2D eigenvalue weighted by atomic mass is 16.5. The largest absolute Gasteiger partial charge is 0.494 e. The van der Waals surface area contributed by atoms with Gasteiger partial charge in [0.05, 0.1) is 18.4 Å². The third kappa shape index (κ3) is 3.04. The molecule has 6 nitrogen and oxygen atoms in total. The number of imidazole rings is 1. The number of carbonyl (C=O) groups excluding carboxylic acids is 1. The Morgan fingerprint density at radius 2 is 2.37 bits per heavy atom. The molecule has 2 aromatic rings. The highest BCUT2D eigenvalue weighted by Crippen LogP contribution is 2.25. The second-order valence-electron chi connectivity index (χ2n) is 3.97. The molecule has 1 aromatic carbocycles. The number of hydrogen-bond acceptors (Lipinski definition) is 4. The third-order valence-corrected chi connectivity index (χ3v) is 2.70. The Labute approximate surface area is 111 Å². The van der Waals surface area contributed by atoms with Crippen LogP contribution < -0.4 is 15.8 Å². The number of nitrogens with two attached hydrogens (primary N) is 1. The van der Waals surface area contributed by atoms with Crippen LogP contribution in [0.2, 0.25) is 0 Å². The van der Waals surface area contributed by atoms with Gasteiger partial charge in [0.1, 0.15) is 5.82 Å². The zero-order valence-corrected chi connectivity index (χ0v) is 10.6. The Hall–Kier alpha value is -2.50. The van der Waals surface area contributed by atoms with E-state index in [0.29, 0.717) is 30.0 Å². The molecule has 0 aliphatic rings. The molecule has 19 heavy (non-hydrogen) atoms. The van der Waals surface area contributed by atoms with Crippen LogP contribution in [-0.2, 0) is 6.42 Å². The minimum atomic E-state index is -0.212. The number of rotatable bonds is 5. The van der Waals surface area contributed by atoms with E-state index in [9.17, 15) is 4.79 Å². The van der Waals surface area contributed by atoms with Gasteiger partial charge in [0.2, 0.25) is 0 Å². The van der Waals surface area contributed by atoms with Crippen molar-refractivity contribution in [2.24, 2.45) is 0 Å². The van der Waals surface area contributed by atoms with Crippen molar-refractivity contribution in [2.75, 3.05) is 19.4 Å². The summed E-state index contributed by atoms with van der Waals surface area (Å²) < 4.78 is 5.15. The van der Waals surface area contributed by atoms with Crippen LogP contribution in [-0.4, -0.2) is 29.5 Å². The predicted octanol–water partition coefficient (Wildman–Crippen LogP) is 0.973. The Morgan fingerprint density at radius 3 is 3.05 bits per heavy atom. The molecule has 100 valence electrons. The lowest BCUT2D eigenvalue weighted by Gasteiger charge is -2.10. The Balaban J connectivity index is 1.98. The summed E-state index contributed by atoms with van der Waals surface area (Å²) >= 11 is 0. The van der Waals surface area contributed by atoms with Crippen molar-refractivity contribution in [3.63, 3.8) is 0 Å². The number of benzene rings is 1. The van der Waals surface area contributed by atoms with Gasteiger partial charge in [-0.3, -0.25) is 4.79 Å². The van der Waals surface area contributed by atoms with Gasteiger partial charge < -0.3 is 20.8 Å². The SMILES string of the molecule is COc1c(N)cccc1C(=O)NCCc1ncc[nH]1. The molecule has 4 N–H and O–H groups in total. The molecular weight excluding hydrogens is 244 g/mol. The van der Waals surface area contributed by atoms with Crippen LogP contribution in [0.4, 0.5) is 5.69 Å². The summed E-state index contributed by atoms with van der Waals surface area (Å²) in [6, 6.07) is 5.09. The average molecular weight is 260 g/mol. The van der Waals surface area contributed by atoms with Crippen LogP contribution in [0, 0.1) is 0 Å². The number of ether oxygens (including phenoxy) is 1. The maximum Gasteiger partial charge on any atom is 0.255 e. The highest BCUT2D eigenvalue weighted by molar-refractivity contribution is 5.98. The average Bonchev–Trinajstić information content (AvgIpc) is 2.91. The van der Waals surface area contributed by atoms with Crippen LogP contribution in [0.1, 0.15) is 16.2 Å². The molecule has 0 aliphatic heterocycles. The van der Waals surface area contributed by atoms with Crippen LogP contribution >= 0.6 is 0 Å². The third-order valence-electron chi connectivity index (χ3n) is 2.70. The van der Waals surface area contributed by atoms with Gasteiger partial charge in [0, 0.05) is 25.4 Å². The fourth-order valence-electron chi connectivity index (χ4n) is 1.79. The zero-order chi connectivity index (χ0) is 13.7. The highest BCUT2D eigenvalue weighted by Gasteiger charge is 2.13. The van der Waals surface area contributed by atoms with Crippen molar-refractivity contribution < 1.29 is 9.53 Å². The fraction of sp³-hybridized carbons (Fsp3) is 0.231. The summed E-state index contributed by atoms with van der Waals surface area (Å²) in [5, 5.41) is 2.80. The zero-order valence-electron chi connectivity index (χ0n) is 10.6. The minimum absolute atomic E-state index is 0.212. The van der Waals surface area contributed by atoms with Crippen molar-refractivity contribution in [3.8, 4) is 5.75 Å². The molecular formula is C13H16N4O2. The lowest BCUT2D eigenvalue weighted by molar-refractivity contribution is 0.0951. The normalized spacial score (nSPS) is 10.2. The Morgan fingerprint density at radius 1 is 1.53 bits per heavy atom. The smallest absolute Gasteiger partial charge is 0.255 e. The molecule has 0 saturated carbocycles. The first-order valence-electron chi connectivity index (χ1n) is 5.91. The number of amides is 1. The van der Waals surface area contributed by atoms with Gasteiger partial charge in [-0.05, 0) is 12.1 Å². The first-order valence-corrected chi connectivity index (χ1v) is 5.91. The number of anilines is 1. The summed E-state index contributed by atoms with van der Waals surface area (Å²) in [6.07, 6.45) is 4.07. The van der Waals surface area contributed by atoms with Crippen LogP contribution in [0.15, 0.2) is 30.6 Å². The summed E-state index contributed by atoms with van der Waals surface area (Å²) in [6.45, 7) is 0.490. The summed E-state index contributed by atoms with van der Waals surface area (Å²) in [5.41, 5.74) is 6.63. The first kappa shape index (κ1) is 12.9. The lowest BCUT2D eigenvalue weighted by atomic mass is 10.1. The second-order valence-corrected chi connectivity index (χ2v) is 3.97. The van der Waals surface area contributed by atoms with E-state index in [-0.39, 0.29) is 5.91 Å². The molecule has 0 fully saturated rings. The van der Waals surface area contributed by atoms with E-state index >= 15 is 0 Å². The van der Waals surface area contributed by atoms with Crippen molar-refractivity contribution in [1.82, 2.24) is 15.3 Å². The van der Waals surface area contributed by atoms with E-state index in [1.165, 1.54) is 7.11 Å². The molecule has 2 rings (SSSR count). The molecule has 0 saturated heterocycles. The van der Waals surface area contributed by atoms with Gasteiger partial charge >= 0.3 is 0 Å². The Bertz CT molecular complexity index is 552. The summed E-state index contributed by atoms with van der Waals surface area (Å²) in [4.78, 5) is 19.1. The molecule has 1 heterocycles. The number of nitrogens with one attached hydrogen (secondary N) is 2. The van der Waals surface area contributed by atoms with Gasteiger partial charge in [-0.2, -0.15) is 0 Å². The van der Waals surface area contributed by atoms with E-state index in [0.717, 1.165) is 5.82 Å². The molecule has 6 heteroatoms. The topological polar surface area (TPSA) is 93.0 Å². The number of para-hydroxylation sites is 1. The molecule has 1 amide bonds. The van der Waals surface area contributed by atoms with E-state index in [1.54, 1.807) is 30.6 Å². The second kappa shape index (κ2) is 5.90. The molecule has 0 aliphatic carbocycles. The van der Waals surface area contributed by atoms with Crippen molar-refractivity contribution in [2.45, 2.75) is 6.42 Å². The van der Waals surface area contributed by atoms with Crippen LogP contribution in [0.5, 0.6) is 5.75 Å². The number of nitrogens with zero attached hydrogens (tertiary/aromatic N) is 1. The number of methoxy groups -OCH3 is 1. The van der Waals surface area contributed by atoms with Crippen molar-refractivity contribution >= 4 is 11.6 Å². The van der Waals surface area contributed by atoms with Crippen LogP contribution in [0.3, 0.4) is 0 Å². The van der Waals surface area contributed by atoms with Crippen LogP contribution in [0.25, 0.3) is 0 Å². The number of nitrogen functional groups attached to an aromatic ring is 1. The predicted molar refractivity (Wildman–Crippen MR) is 72.0 cm³/mol. The number of carbonyl (C=O) groups is 1. The van der Waals surface area contributed by atoms with Crippen molar-refractivity contribution in [1.29, 1.82) is 0 Å². The molecule has 1 aromatic heterocycles.